The second kappa shape index (κ2) is 7.79. The number of hydrogen-bond donors (Lipinski definition) is 0. The lowest BCUT2D eigenvalue weighted by Gasteiger charge is -2.24. The van der Waals surface area contributed by atoms with E-state index >= 15 is 0 Å². The normalized spacial score (nSPS) is 18.3. The summed E-state index contributed by atoms with van der Waals surface area (Å²) in [6.07, 6.45) is 1.84. The molecule has 0 spiro atoms. The Balaban J connectivity index is 1.52. The molecule has 1 unspecified atom stereocenters. The number of nitrogens with zero attached hydrogens (tertiary/aromatic N) is 3. The molecule has 146 valence electrons. The summed E-state index contributed by atoms with van der Waals surface area (Å²) in [5, 5.41) is 0. The minimum atomic E-state index is -0.411. The quantitative estimate of drug-likeness (QED) is 0.722. The van der Waals surface area contributed by atoms with Crippen molar-refractivity contribution < 1.29 is 19.1 Å². The fraction of sp³-hybridized carbons (Fsp3) is 0.350. The molecule has 0 N–H and O–H groups in total. The van der Waals surface area contributed by atoms with E-state index in [0.717, 1.165) is 10.2 Å². The molecule has 0 saturated carbocycles. The second-order valence-corrected chi connectivity index (χ2v) is 7.57. The Morgan fingerprint density at radius 1 is 1.25 bits per heavy atom. The van der Waals surface area contributed by atoms with Crippen molar-refractivity contribution >= 4 is 39.2 Å². The molecule has 0 radical (unpaired) electrons. The summed E-state index contributed by atoms with van der Waals surface area (Å²) < 4.78 is 12.0. The summed E-state index contributed by atoms with van der Waals surface area (Å²) in [5.41, 5.74) is 0.717. The Kier molecular flexibility index (Phi) is 5.21. The minimum Gasteiger partial charge on any atom is -0.486 e. The van der Waals surface area contributed by atoms with Crippen molar-refractivity contribution in [2.24, 2.45) is 5.92 Å². The molecule has 1 saturated heterocycles. The van der Waals surface area contributed by atoms with E-state index in [1.54, 1.807) is 34.2 Å². The van der Waals surface area contributed by atoms with Crippen molar-refractivity contribution in [3.63, 3.8) is 0 Å². The summed E-state index contributed by atoms with van der Waals surface area (Å²) in [6.45, 7) is 3.73. The molecule has 2 aromatic rings. The third-order valence-electron chi connectivity index (χ3n) is 4.88. The van der Waals surface area contributed by atoms with E-state index in [0.29, 0.717) is 43.6 Å². The fourth-order valence-corrected chi connectivity index (χ4v) is 3.74. The van der Waals surface area contributed by atoms with Gasteiger partial charge in [0.2, 0.25) is 11.8 Å². The van der Waals surface area contributed by atoms with Gasteiger partial charge in [0.15, 0.2) is 11.5 Å². The predicted molar refractivity (Wildman–Crippen MR) is 108 cm³/mol. The first-order chi connectivity index (χ1) is 13.6. The van der Waals surface area contributed by atoms with Crippen molar-refractivity contribution in [1.29, 1.82) is 0 Å². The number of halogens is 1. The third-order valence-corrected chi connectivity index (χ3v) is 5.35. The zero-order valence-corrected chi connectivity index (χ0v) is 17.0. The molecule has 1 atom stereocenters. The largest absolute Gasteiger partial charge is 0.486 e. The summed E-state index contributed by atoms with van der Waals surface area (Å²) in [4.78, 5) is 33.3. The molecule has 0 bridgehead atoms. The van der Waals surface area contributed by atoms with Crippen molar-refractivity contribution in [2.45, 2.75) is 13.3 Å². The van der Waals surface area contributed by atoms with Gasteiger partial charge >= 0.3 is 0 Å². The molecular formula is C20H20BrN3O4. The Morgan fingerprint density at radius 3 is 2.75 bits per heavy atom. The van der Waals surface area contributed by atoms with Crippen LogP contribution in [0.25, 0.3) is 0 Å². The smallest absolute Gasteiger partial charge is 0.233 e. The van der Waals surface area contributed by atoms with Crippen LogP contribution in [0.1, 0.15) is 13.3 Å². The molecule has 3 heterocycles. The maximum atomic E-state index is 13.1. The van der Waals surface area contributed by atoms with E-state index in [1.807, 2.05) is 19.1 Å². The van der Waals surface area contributed by atoms with Crippen LogP contribution < -0.4 is 19.3 Å². The molecule has 7 nitrogen and oxygen atoms in total. The van der Waals surface area contributed by atoms with Crippen LogP contribution in [-0.4, -0.2) is 43.1 Å². The number of rotatable bonds is 4. The van der Waals surface area contributed by atoms with Crippen molar-refractivity contribution in [3.8, 4) is 11.5 Å². The average molecular weight is 446 g/mol. The lowest BCUT2D eigenvalue weighted by molar-refractivity contribution is -0.124. The van der Waals surface area contributed by atoms with Gasteiger partial charge in [0, 0.05) is 41.9 Å². The number of anilines is 2. The van der Waals surface area contributed by atoms with Gasteiger partial charge in [0.25, 0.3) is 0 Å². The van der Waals surface area contributed by atoms with E-state index in [4.69, 9.17) is 9.47 Å². The van der Waals surface area contributed by atoms with Gasteiger partial charge in [-0.1, -0.05) is 0 Å². The first-order valence-corrected chi connectivity index (χ1v) is 9.99. The summed E-state index contributed by atoms with van der Waals surface area (Å²) in [7, 11) is 0. The lowest BCUT2D eigenvalue weighted by Crippen LogP contribution is -2.38. The topological polar surface area (TPSA) is 72.0 Å². The van der Waals surface area contributed by atoms with Crippen LogP contribution in [0.5, 0.6) is 11.5 Å². The third kappa shape index (κ3) is 3.56. The Labute approximate surface area is 171 Å². The van der Waals surface area contributed by atoms with Gasteiger partial charge in [-0.2, -0.15) is 0 Å². The fourth-order valence-electron chi connectivity index (χ4n) is 3.50. The number of fused-ring (bicyclic) bond motifs is 1. The molecule has 28 heavy (non-hydrogen) atoms. The summed E-state index contributed by atoms with van der Waals surface area (Å²) in [5.74, 6) is 1.31. The van der Waals surface area contributed by atoms with Crippen molar-refractivity contribution in [2.75, 3.05) is 36.1 Å². The summed E-state index contributed by atoms with van der Waals surface area (Å²) >= 11 is 3.35. The minimum absolute atomic E-state index is 0.0742. The highest BCUT2D eigenvalue weighted by Crippen LogP contribution is 2.36. The zero-order chi connectivity index (χ0) is 19.7. The molecule has 2 aliphatic rings. The number of amides is 2. The zero-order valence-electron chi connectivity index (χ0n) is 15.4. The standard InChI is InChI=1S/C20H20BrN3O4/c1-2-23(18-6-3-14(21)11-22-18)20(26)13-9-19(25)24(12-13)15-4-5-16-17(10-15)28-8-7-27-16/h3-6,10-11,13H,2,7-9,12H2,1H3. The van der Waals surface area contributed by atoms with Gasteiger partial charge < -0.3 is 14.4 Å². The monoisotopic (exact) mass is 445 g/mol. The van der Waals surface area contributed by atoms with Gasteiger partial charge in [-0.3, -0.25) is 14.5 Å². The van der Waals surface area contributed by atoms with E-state index in [1.165, 1.54) is 0 Å². The van der Waals surface area contributed by atoms with Gasteiger partial charge in [-0.25, -0.2) is 4.98 Å². The SMILES string of the molecule is CCN(C(=O)C1CC(=O)N(c2ccc3c(c2)OCCO3)C1)c1ccc(Br)cn1. The first-order valence-electron chi connectivity index (χ1n) is 9.19. The van der Waals surface area contributed by atoms with Crippen LogP contribution in [0.2, 0.25) is 0 Å². The highest BCUT2D eigenvalue weighted by atomic mass is 79.9. The highest BCUT2D eigenvalue weighted by Gasteiger charge is 2.38. The van der Waals surface area contributed by atoms with E-state index < -0.39 is 5.92 Å². The Bertz CT molecular complexity index is 903. The molecule has 2 amide bonds. The number of benzene rings is 1. The summed E-state index contributed by atoms with van der Waals surface area (Å²) in [6, 6.07) is 9.07. The number of pyridine rings is 1. The molecule has 2 aliphatic heterocycles. The average Bonchev–Trinajstić information content (AvgIpc) is 3.11. The number of carbonyl (C=O) groups is 2. The Hall–Kier alpha value is -2.61. The molecule has 1 fully saturated rings. The number of aromatic nitrogens is 1. The van der Waals surface area contributed by atoms with Crippen LogP contribution in [0.15, 0.2) is 41.0 Å². The molecule has 8 heteroatoms. The second-order valence-electron chi connectivity index (χ2n) is 6.65. The number of hydrogen-bond acceptors (Lipinski definition) is 5. The van der Waals surface area contributed by atoms with E-state index in [-0.39, 0.29) is 18.2 Å². The maximum absolute atomic E-state index is 13.1. The van der Waals surface area contributed by atoms with Crippen molar-refractivity contribution in [3.05, 3.63) is 41.0 Å². The first kappa shape index (κ1) is 18.7. The van der Waals surface area contributed by atoms with E-state index in [9.17, 15) is 9.59 Å². The Morgan fingerprint density at radius 2 is 2.04 bits per heavy atom. The van der Waals surface area contributed by atoms with Gasteiger partial charge in [-0.05, 0) is 47.1 Å². The van der Waals surface area contributed by atoms with Gasteiger partial charge in [-0.15, -0.1) is 0 Å². The molecule has 1 aromatic heterocycles. The van der Waals surface area contributed by atoms with Gasteiger partial charge in [0.1, 0.15) is 19.0 Å². The molecular weight excluding hydrogens is 426 g/mol. The lowest BCUT2D eigenvalue weighted by atomic mass is 10.1. The highest BCUT2D eigenvalue weighted by molar-refractivity contribution is 9.10. The van der Waals surface area contributed by atoms with Crippen LogP contribution in [0.3, 0.4) is 0 Å². The number of carbonyl (C=O) groups excluding carboxylic acids is 2. The molecule has 1 aromatic carbocycles. The molecule has 0 aliphatic carbocycles. The van der Waals surface area contributed by atoms with E-state index in [2.05, 4.69) is 20.9 Å². The maximum Gasteiger partial charge on any atom is 0.233 e. The van der Waals surface area contributed by atoms with Crippen LogP contribution in [0, 0.1) is 5.92 Å². The van der Waals surface area contributed by atoms with Crippen LogP contribution in [-0.2, 0) is 9.59 Å². The molecule has 4 rings (SSSR count). The van der Waals surface area contributed by atoms with Gasteiger partial charge in [0.05, 0.1) is 5.92 Å². The number of ether oxygens (including phenoxy) is 2. The predicted octanol–water partition coefficient (Wildman–Crippen LogP) is 3.02. The van der Waals surface area contributed by atoms with Crippen LogP contribution >= 0.6 is 15.9 Å². The van der Waals surface area contributed by atoms with Crippen molar-refractivity contribution in [1.82, 2.24) is 4.98 Å². The van der Waals surface area contributed by atoms with Crippen LogP contribution in [0.4, 0.5) is 11.5 Å².